The van der Waals surface area contributed by atoms with Crippen molar-refractivity contribution in [2.24, 2.45) is 11.8 Å². The number of halogens is 2. The molecule has 0 spiro atoms. The summed E-state index contributed by atoms with van der Waals surface area (Å²) in [6, 6.07) is 0. The summed E-state index contributed by atoms with van der Waals surface area (Å²) >= 11 is -4.49. The molecule has 0 nitrogen and oxygen atoms in total. The van der Waals surface area contributed by atoms with Gasteiger partial charge in [-0.15, -0.1) is 0 Å². The van der Waals surface area contributed by atoms with E-state index in [2.05, 4.69) is 27.7 Å². The fourth-order valence-corrected chi connectivity index (χ4v) is 24.1. The Kier molecular flexibility index (Phi) is 4.83. The van der Waals surface area contributed by atoms with E-state index in [4.69, 9.17) is 21.2 Å². The van der Waals surface area contributed by atoms with E-state index in [0.29, 0.717) is 11.8 Å². The maximum absolute atomic E-state index is 7.61. The Morgan fingerprint density at radius 3 is 1.42 bits per heavy atom. The first-order valence-corrected chi connectivity index (χ1v) is 21.0. The third-order valence-electron chi connectivity index (χ3n) is 7.70. The molecule has 0 aliphatic heterocycles. The van der Waals surface area contributed by atoms with E-state index in [1.165, 1.54) is 69.1 Å². The average molecular weight is 471 g/mol. The molecule has 0 aromatic carbocycles. The van der Waals surface area contributed by atoms with E-state index >= 15 is 0 Å². The zero-order valence-electron chi connectivity index (χ0n) is 16.8. The van der Waals surface area contributed by atoms with Gasteiger partial charge in [0.1, 0.15) is 0 Å². The van der Waals surface area contributed by atoms with Crippen LogP contribution in [0.1, 0.15) is 79.1 Å². The van der Waals surface area contributed by atoms with Crippen molar-refractivity contribution in [3.63, 3.8) is 0 Å². The predicted octanol–water partition coefficient (Wildman–Crippen LogP) is 8.00. The van der Waals surface area contributed by atoms with Crippen LogP contribution < -0.4 is 0 Å². The SMILES string of the molecule is [CH2]=[Zr]([Cl])([Cl])([C]1=C(C)C2=C(CCCC2)C1C)[C]1=C(C)C2=C(CCCC2)C1C. The van der Waals surface area contributed by atoms with Gasteiger partial charge >= 0.3 is 168 Å². The fraction of sp³-hybridized carbons (Fsp3) is 0.609. The maximum atomic E-state index is 7.61. The minimum atomic E-state index is -4.49. The van der Waals surface area contributed by atoms with Crippen LogP contribution >= 0.6 is 17.0 Å². The summed E-state index contributed by atoms with van der Waals surface area (Å²) in [5, 5.41) is 0. The first kappa shape index (κ1) is 19.6. The van der Waals surface area contributed by atoms with Crippen LogP contribution in [0, 0.1) is 11.8 Å². The summed E-state index contributed by atoms with van der Waals surface area (Å²) in [5.74, 6) is 0.794. The van der Waals surface area contributed by atoms with E-state index < -0.39 is 15.9 Å². The van der Waals surface area contributed by atoms with Crippen molar-refractivity contribution in [2.75, 3.05) is 0 Å². The van der Waals surface area contributed by atoms with Gasteiger partial charge in [0, 0.05) is 0 Å². The van der Waals surface area contributed by atoms with Gasteiger partial charge in [0.25, 0.3) is 0 Å². The number of hydrogen-bond donors (Lipinski definition) is 0. The van der Waals surface area contributed by atoms with Crippen molar-refractivity contribution in [1.82, 2.24) is 0 Å². The van der Waals surface area contributed by atoms with Gasteiger partial charge in [-0.3, -0.25) is 0 Å². The summed E-state index contributed by atoms with van der Waals surface area (Å²) in [5.41, 5.74) is 9.22. The second-order valence-corrected chi connectivity index (χ2v) is 28.7. The molecule has 0 saturated heterocycles. The Labute approximate surface area is 167 Å². The van der Waals surface area contributed by atoms with Gasteiger partial charge in [0.2, 0.25) is 0 Å². The topological polar surface area (TPSA) is 0 Å². The van der Waals surface area contributed by atoms with E-state index in [9.17, 15) is 0 Å². The Hall–Kier alpha value is 0.293. The number of allylic oxidation sites excluding steroid dienone is 8. The van der Waals surface area contributed by atoms with Gasteiger partial charge < -0.3 is 0 Å². The van der Waals surface area contributed by atoms with Crippen molar-refractivity contribution in [2.45, 2.75) is 79.1 Å². The molecule has 26 heavy (non-hydrogen) atoms. The molecule has 0 N–H and O–H groups in total. The molecule has 4 aliphatic rings. The van der Waals surface area contributed by atoms with Crippen molar-refractivity contribution in [1.29, 1.82) is 0 Å². The second kappa shape index (κ2) is 6.40. The molecule has 4 aliphatic carbocycles. The van der Waals surface area contributed by atoms with Crippen molar-refractivity contribution < 1.29 is 15.9 Å². The monoisotopic (exact) mass is 468 g/mol. The van der Waals surface area contributed by atoms with Crippen molar-refractivity contribution in [3.8, 4) is 0 Å². The van der Waals surface area contributed by atoms with Gasteiger partial charge in [0.15, 0.2) is 0 Å². The van der Waals surface area contributed by atoms with Gasteiger partial charge in [0.05, 0.1) is 0 Å². The Bertz CT molecular complexity index is 806. The van der Waals surface area contributed by atoms with Crippen molar-refractivity contribution in [3.05, 3.63) is 40.0 Å². The molecule has 0 aromatic heterocycles. The Balaban J connectivity index is 1.85. The molecule has 0 fully saturated rings. The fourth-order valence-electron chi connectivity index (χ4n) is 6.72. The Morgan fingerprint density at radius 2 is 1.08 bits per heavy atom. The summed E-state index contributed by atoms with van der Waals surface area (Å²) in [4.78, 5) is 0. The molecule has 0 aromatic rings. The molecule has 0 heterocycles. The van der Waals surface area contributed by atoms with Crippen LogP contribution in [0.25, 0.3) is 0 Å². The summed E-state index contributed by atoms with van der Waals surface area (Å²) in [6.45, 7) is 9.26. The third kappa shape index (κ3) is 2.67. The number of hydrogen-bond acceptors (Lipinski definition) is 0. The van der Waals surface area contributed by atoms with E-state index in [0.717, 1.165) is 0 Å². The number of rotatable bonds is 2. The van der Waals surface area contributed by atoms with Crippen LogP contribution in [0.2, 0.25) is 0 Å². The molecule has 0 bridgehead atoms. The summed E-state index contributed by atoms with van der Waals surface area (Å²) < 4.78 is 7.48. The standard InChI is InChI=1S/2C11H15.CH2.2ClH.Zr/c2*1-8-7-9(2)11-6-4-3-5-10(8)11;;;;/h2*8H,3-6H2,1-2H3;1H2;2*1H;/q;;;;;+2/p-2. The van der Waals surface area contributed by atoms with Crippen LogP contribution in [-0.2, 0) is 15.9 Å². The molecule has 3 heteroatoms. The van der Waals surface area contributed by atoms with Crippen LogP contribution in [-0.4, -0.2) is 4.21 Å². The molecule has 0 amide bonds. The molecular weight excluding hydrogens is 438 g/mol. The van der Waals surface area contributed by atoms with Gasteiger partial charge in [-0.25, -0.2) is 0 Å². The molecule has 2 atom stereocenters. The summed E-state index contributed by atoms with van der Waals surface area (Å²) in [7, 11) is 15.2. The van der Waals surface area contributed by atoms with Crippen molar-refractivity contribution >= 4 is 21.2 Å². The van der Waals surface area contributed by atoms with Gasteiger partial charge in [-0.1, -0.05) is 0 Å². The van der Waals surface area contributed by atoms with Crippen LogP contribution in [0.3, 0.4) is 0 Å². The van der Waals surface area contributed by atoms with E-state index in [1.807, 2.05) is 0 Å². The first-order valence-electron chi connectivity index (χ1n) is 10.5. The minimum absolute atomic E-state index is 0.397. The molecular formula is C23H32Cl2Zr. The second-order valence-electron chi connectivity index (χ2n) is 9.14. The molecule has 2 unspecified atom stereocenters. The molecule has 0 saturated carbocycles. The van der Waals surface area contributed by atoms with Gasteiger partial charge in [-0.05, 0) is 0 Å². The van der Waals surface area contributed by atoms with Gasteiger partial charge in [-0.2, -0.15) is 0 Å². The Morgan fingerprint density at radius 1 is 0.731 bits per heavy atom. The predicted molar refractivity (Wildman–Crippen MR) is 114 cm³/mol. The molecule has 0 radical (unpaired) electrons. The van der Waals surface area contributed by atoms with Crippen LogP contribution in [0.4, 0.5) is 0 Å². The zero-order valence-corrected chi connectivity index (χ0v) is 20.7. The molecule has 4 rings (SSSR count). The normalized spacial score (nSPS) is 30.4. The first-order chi connectivity index (χ1) is 12.1. The zero-order chi connectivity index (χ0) is 18.9. The third-order valence-corrected chi connectivity index (χ3v) is 21.7. The average Bonchev–Trinajstić information content (AvgIpc) is 3.01. The summed E-state index contributed by atoms with van der Waals surface area (Å²) in [6.07, 6.45) is 10.1. The van der Waals surface area contributed by atoms with Crippen LogP contribution in [0.15, 0.2) is 40.0 Å². The quantitative estimate of drug-likeness (QED) is 0.383. The molecule has 142 valence electrons. The van der Waals surface area contributed by atoms with E-state index in [1.54, 1.807) is 22.3 Å². The van der Waals surface area contributed by atoms with Crippen LogP contribution in [0.5, 0.6) is 0 Å². The van der Waals surface area contributed by atoms with E-state index in [-0.39, 0.29) is 0 Å².